The van der Waals surface area contributed by atoms with Crippen molar-refractivity contribution in [3.05, 3.63) is 54.1 Å². The van der Waals surface area contributed by atoms with Crippen molar-refractivity contribution in [2.45, 2.75) is 30.9 Å². The van der Waals surface area contributed by atoms with Gasteiger partial charge < -0.3 is 16.0 Å². The molecule has 0 spiro atoms. The highest BCUT2D eigenvalue weighted by molar-refractivity contribution is 7.99. The number of hydrogen-bond donors (Lipinski definition) is 3. The third-order valence-electron chi connectivity index (χ3n) is 3.20. The second kappa shape index (κ2) is 9.13. The molecule has 25 heavy (non-hydrogen) atoms. The van der Waals surface area contributed by atoms with Gasteiger partial charge in [-0.2, -0.15) is 0 Å². The summed E-state index contributed by atoms with van der Waals surface area (Å²) in [6.45, 7) is 6.66. The van der Waals surface area contributed by atoms with E-state index in [0.717, 1.165) is 4.90 Å². The van der Waals surface area contributed by atoms with Crippen LogP contribution in [0.3, 0.4) is 0 Å². The summed E-state index contributed by atoms with van der Waals surface area (Å²) in [6, 6.07) is 14.3. The van der Waals surface area contributed by atoms with E-state index in [-0.39, 0.29) is 11.9 Å². The average molecular weight is 357 g/mol. The molecule has 0 saturated heterocycles. The molecule has 0 unspecified atom stereocenters. The van der Waals surface area contributed by atoms with Gasteiger partial charge in [0.25, 0.3) is 5.91 Å². The lowest BCUT2D eigenvalue weighted by Crippen LogP contribution is -2.28. The van der Waals surface area contributed by atoms with Crippen molar-refractivity contribution in [3.63, 3.8) is 0 Å². The Bertz CT molecular complexity index is 730. The molecule has 0 saturated carbocycles. The topological polar surface area (TPSA) is 70.2 Å². The van der Waals surface area contributed by atoms with Gasteiger partial charge in [0.15, 0.2) is 0 Å². The van der Waals surface area contributed by atoms with Gasteiger partial charge in [0.1, 0.15) is 0 Å². The molecular weight excluding hydrogens is 334 g/mol. The van der Waals surface area contributed by atoms with Crippen LogP contribution in [0.5, 0.6) is 0 Å². The van der Waals surface area contributed by atoms with Crippen molar-refractivity contribution < 1.29 is 9.59 Å². The molecule has 132 valence electrons. The van der Waals surface area contributed by atoms with Crippen LogP contribution in [-0.2, 0) is 0 Å². The van der Waals surface area contributed by atoms with E-state index in [9.17, 15) is 9.59 Å². The smallest absolute Gasteiger partial charge is 0.319 e. The summed E-state index contributed by atoms with van der Waals surface area (Å²) in [5.74, 6) is -0.184. The minimum absolute atomic E-state index is 0.184. The molecule has 2 aromatic rings. The van der Waals surface area contributed by atoms with E-state index in [0.29, 0.717) is 28.7 Å². The molecule has 2 rings (SSSR count). The first-order valence-corrected chi connectivity index (χ1v) is 9.09. The third kappa shape index (κ3) is 6.15. The first-order chi connectivity index (χ1) is 12.0. The Morgan fingerprint density at radius 1 is 1.00 bits per heavy atom. The molecule has 3 N–H and O–H groups in total. The summed E-state index contributed by atoms with van der Waals surface area (Å²) in [5, 5.41) is 8.72. The number of urea groups is 1. The fourth-order valence-electron chi connectivity index (χ4n) is 2.17. The summed E-state index contributed by atoms with van der Waals surface area (Å²) in [6.07, 6.45) is 0. The van der Waals surface area contributed by atoms with E-state index >= 15 is 0 Å². The van der Waals surface area contributed by atoms with Gasteiger partial charge in [-0.25, -0.2) is 4.79 Å². The zero-order chi connectivity index (χ0) is 18.2. The van der Waals surface area contributed by atoms with Crippen LogP contribution in [-0.4, -0.2) is 23.7 Å². The predicted octanol–water partition coefficient (Wildman–Crippen LogP) is 4.58. The quantitative estimate of drug-likeness (QED) is 0.663. The number of anilines is 2. The van der Waals surface area contributed by atoms with Gasteiger partial charge in [0.05, 0.1) is 0 Å². The molecule has 0 aliphatic rings. The largest absolute Gasteiger partial charge is 0.338 e. The Morgan fingerprint density at radius 3 is 2.24 bits per heavy atom. The van der Waals surface area contributed by atoms with Crippen LogP contribution in [0.1, 0.15) is 31.1 Å². The fraction of sp³-hybridized carbons (Fsp3) is 0.263. The predicted molar refractivity (Wildman–Crippen MR) is 105 cm³/mol. The molecule has 2 aromatic carbocycles. The number of rotatable bonds is 6. The molecule has 0 radical (unpaired) electrons. The van der Waals surface area contributed by atoms with Gasteiger partial charge in [-0.05, 0) is 49.4 Å². The number of thioether (sulfide) groups is 1. The maximum absolute atomic E-state index is 12.4. The number of hydrogen-bond acceptors (Lipinski definition) is 3. The molecule has 0 heterocycles. The number of amides is 3. The van der Waals surface area contributed by atoms with Crippen molar-refractivity contribution >= 4 is 35.1 Å². The van der Waals surface area contributed by atoms with E-state index < -0.39 is 0 Å². The van der Waals surface area contributed by atoms with Gasteiger partial charge in [-0.15, -0.1) is 11.8 Å². The molecule has 0 aliphatic carbocycles. The number of carbonyl (C=O) groups is 2. The molecular formula is C19H23N3O2S. The van der Waals surface area contributed by atoms with E-state index in [2.05, 4.69) is 29.8 Å². The number of benzene rings is 2. The average Bonchev–Trinajstić information content (AvgIpc) is 2.55. The summed E-state index contributed by atoms with van der Waals surface area (Å²) in [4.78, 5) is 25.1. The standard InChI is InChI=1S/C19H23N3O2S/c1-4-20-19(24)22-16-7-5-6-15(12-16)21-18(23)14-8-10-17(11-9-14)25-13(2)3/h5-13H,4H2,1-3H3,(H,21,23)(H2,20,22,24). The van der Waals surface area contributed by atoms with Crippen LogP contribution in [0, 0.1) is 0 Å². The van der Waals surface area contributed by atoms with Crippen molar-refractivity contribution in [2.75, 3.05) is 17.2 Å². The van der Waals surface area contributed by atoms with Crippen LogP contribution < -0.4 is 16.0 Å². The molecule has 0 aliphatic heterocycles. The lowest BCUT2D eigenvalue weighted by atomic mass is 10.2. The summed E-state index contributed by atoms with van der Waals surface area (Å²) >= 11 is 1.76. The van der Waals surface area contributed by atoms with Crippen LogP contribution >= 0.6 is 11.8 Å². The van der Waals surface area contributed by atoms with Crippen LogP contribution in [0.4, 0.5) is 16.2 Å². The van der Waals surface area contributed by atoms with Gasteiger partial charge in [0, 0.05) is 33.6 Å². The number of nitrogens with one attached hydrogen (secondary N) is 3. The minimum Gasteiger partial charge on any atom is -0.338 e. The van der Waals surface area contributed by atoms with Crippen molar-refractivity contribution in [2.24, 2.45) is 0 Å². The van der Waals surface area contributed by atoms with Crippen molar-refractivity contribution in [1.29, 1.82) is 0 Å². The lowest BCUT2D eigenvalue weighted by molar-refractivity contribution is 0.102. The summed E-state index contributed by atoms with van der Waals surface area (Å²) in [5.41, 5.74) is 1.84. The van der Waals surface area contributed by atoms with Gasteiger partial charge in [-0.1, -0.05) is 19.9 Å². The highest BCUT2D eigenvalue weighted by Crippen LogP contribution is 2.23. The zero-order valence-electron chi connectivity index (χ0n) is 14.6. The van der Waals surface area contributed by atoms with E-state index in [4.69, 9.17) is 0 Å². The minimum atomic E-state index is -0.274. The molecule has 3 amide bonds. The normalized spacial score (nSPS) is 10.4. The SMILES string of the molecule is CCNC(=O)Nc1cccc(NC(=O)c2ccc(SC(C)C)cc2)c1. The van der Waals surface area contributed by atoms with Crippen LogP contribution in [0.25, 0.3) is 0 Å². The van der Waals surface area contributed by atoms with Crippen LogP contribution in [0.2, 0.25) is 0 Å². The molecule has 0 fully saturated rings. The van der Waals surface area contributed by atoms with E-state index in [1.54, 1.807) is 36.0 Å². The third-order valence-corrected chi connectivity index (χ3v) is 4.22. The fourth-order valence-corrected chi connectivity index (χ4v) is 3.01. The summed E-state index contributed by atoms with van der Waals surface area (Å²) in [7, 11) is 0. The lowest BCUT2D eigenvalue weighted by Gasteiger charge is -2.10. The van der Waals surface area contributed by atoms with Gasteiger partial charge in [0.2, 0.25) is 0 Å². The van der Waals surface area contributed by atoms with Gasteiger partial charge >= 0.3 is 6.03 Å². The molecule has 5 nitrogen and oxygen atoms in total. The Morgan fingerprint density at radius 2 is 1.64 bits per heavy atom. The van der Waals surface area contributed by atoms with Gasteiger partial charge in [-0.3, -0.25) is 4.79 Å². The highest BCUT2D eigenvalue weighted by Gasteiger charge is 2.08. The number of carbonyl (C=O) groups excluding carboxylic acids is 2. The molecule has 0 aromatic heterocycles. The Balaban J connectivity index is 2.01. The first kappa shape index (κ1) is 18.9. The second-order valence-electron chi connectivity index (χ2n) is 5.71. The van der Waals surface area contributed by atoms with Crippen molar-refractivity contribution in [3.8, 4) is 0 Å². The second-order valence-corrected chi connectivity index (χ2v) is 7.36. The molecule has 0 atom stereocenters. The highest BCUT2D eigenvalue weighted by atomic mass is 32.2. The Hall–Kier alpha value is -2.47. The van der Waals surface area contributed by atoms with E-state index in [1.165, 1.54) is 0 Å². The van der Waals surface area contributed by atoms with Crippen LogP contribution in [0.15, 0.2) is 53.4 Å². The maximum Gasteiger partial charge on any atom is 0.319 e. The Kier molecular flexibility index (Phi) is 6.89. The zero-order valence-corrected chi connectivity index (χ0v) is 15.4. The van der Waals surface area contributed by atoms with E-state index in [1.807, 2.05) is 31.2 Å². The summed E-state index contributed by atoms with van der Waals surface area (Å²) < 4.78 is 0. The molecule has 6 heteroatoms. The monoisotopic (exact) mass is 357 g/mol. The first-order valence-electron chi connectivity index (χ1n) is 8.21. The Labute approximate surface area is 152 Å². The molecule has 0 bridgehead atoms. The van der Waals surface area contributed by atoms with Crippen molar-refractivity contribution in [1.82, 2.24) is 5.32 Å². The maximum atomic E-state index is 12.4.